The van der Waals surface area contributed by atoms with Gasteiger partial charge in [-0.25, -0.2) is 4.98 Å². The first-order chi connectivity index (χ1) is 13.9. The Bertz CT molecular complexity index is 887. The number of fused-ring (bicyclic) bond motifs is 1. The van der Waals surface area contributed by atoms with Gasteiger partial charge >= 0.3 is 0 Å². The topological polar surface area (TPSA) is 17.8 Å². The van der Waals surface area contributed by atoms with Gasteiger partial charge in [-0.1, -0.05) is 68.9 Å². The number of imidazole rings is 1. The van der Waals surface area contributed by atoms with Gasteiger partial charge in [0.15, 0.2) is 0 Å². The van der Waals surface area contributed by atoms with Crippen LogP contribution in [-0.2, 0) is 0 Å². The molecule has 5 rings (SSSR count). The lowest BCUT2D eigenvalue weighted by Gasteiger charge is -2.38. The Hall–Kier alpha value is -1.66. The highest BCUT2D eigenvalue weighted by Crippen LogP contribution is 2.55. The van der Waals surface area contributed by atoms with E-state index in [4.69, 9.17) is 4.98 Å². The fourth-order valence-electron chi connectivity index (χ4n) is 5.36. The van der Waals surface area contributed by atoms with E-state index in [0.717, 1.165) is 11.3 Å². The lowest BCUT2D eigenvalue weighted by Crippen LogP contribution is -2.30. The molecule has 0 aliphatic heterocycles. The number of para-hydroxylation sites is 3. The number of aromatic nitrogens is 2. The third kappa shape index (κ3) is 3.52. The van der Waals surface area contributed by atoms with Crippen LogP contribution in [0.5, 0.6) is 0 Å². The highest BCUT2D eigenvalue weighted by atomic mass is 31.1. The molecule has 2 nitrogen and oxygen atoms in total. The van der Waals surface area contributed by atoms with Gasteiger partial charge in [0.2, 0.25) is 0 Å². The van der Waals surface area contributed by atoms with Crippen LogP contribution >= 0.6 is 7.92 Å². The van der Waals surface area contributed by atoms with Gasteiger partial charge in [-0.2, -0.15) is 0 Å². The molecule has 0 atom stereocenters. The fraction of sp³-hybridized carbons (Fsp3) is 0.480. The predicted octanol–water partition coefficient (Wildman–Crippen LogP) is 6.80. The molecule has 2 aliphatic carbocycles. The van der Waals surface area contributed by atoms with Crippen molar-refractivity contribution in [3.8, 4) is 5.69 Å². The highest BCUT2D eigenvalue weighted by Gasteiger charge is 2.36. The minimum Gasteiger partial charge on any atom is -0.293 e. The summed E-state index contributed by atoms with van der Waals surface area (Å²) in [7, 11) is -0.231. The number of rotatable bonds is 4. The minimum atomic E-state index is -0.231. The number of benzene rings is 2. The van der Waals surface area contributed by atoms with Gasteiger partial charge in [-0.3, -0.25) is 4.57 Å². The van der Waals surface area contributed by atoms with Crippen molar-refractivity contribution >= 4 is 24.5 Å². The molecule has 2 aromatic carbocycles. The summed E-state index contributed by atoms with van der Waals surface area (Å²) in [4.78, 5) is 5.33. The summed E-state index contributed by atoms with van der Waals surface area (Å²) in [6.45, 7) is 0. The van der Waals surface area contributed by atoms with E-state index in [1.807, 2.05) is 0 Å². The molecule has 0 amide bonds. The first kappa shape index (κ1) is 18.4. The molecular formula is C25H31N2P. The Morgan fingerprint density at radius 2 is 1.25 bits per heavy atom. The van der Waals surface area contributed by atoms with Gasteiger partial charge in [0.05, 0.1) is 11.0 Å². The van der Waals surface area contributed by atoms with E-state index in [9.17, 15) is 0 Å². The van der Waals surface area contributed by atoms with Crippen LogP contribution in [0.1, 0.15) is 64.2 Å². The van der Waals surface area contributed by atoms with Crippen molar-refractivity contribution in [1.82, 2.24) is 9.55 Å². The van der Waals surface area contributed by atoms with Gasteiger partial charge in [-0.15, -0.1) is 0 Å². The molecule has 146 valence electrons. The van der Waals surface area contributed by atoms with E-state index in [1.165, 1.54) is 86.5 Å². The van der Waals surface area contributed by atoms with Gasteiger partial charge < -0.3 is 0 Å². The summed E-state index contributed by atoms with van der Waals surface area (Å²) in [5.41, 5.74) is 6.87. The van der Waals surface area contributed by atoms with Crippen LogP contribution in [0.15, 0.2) is 54.6 Å². The lowest BCUT2D eigenvalue weighted by molar-refractivity contribution is 0.486. The first-order valence-electron chi connectivity index (χ1n) is 11.2. The molecule has 0 radical (unpaired) electrons. The SMILES string of the molecule is c1ccc(-n2c(P(C3CCCCC3)C3CCCCC3)nc3ccccc32)cc1. The first-order valence-corrected chi connectivity index (χ1v) is 12.7. The molecule has 28 heavy (non-hydrogen) atoms. The van der Waals surface area contributed by atoms with Gasteiger partial charge in [0.1, 0.15) is 5.57 Å². The number of hydrogen-bond donors (Lipinski definition) is 0. The fourth-order valence-corrected chi connectivity index (χ4v) is 9.13. The number of nitrogens with zero attached hydrogens (tertiary/aromatic N) is 2. The van der Waals surface area contributed by atoms with Crippen molar-refractivity contribution in [2.75, 3.05) is 0 Å². The third-order valence-electron chi connectivity index (χ3n) is 6.72. The van der Waals surface area contributed by atoms with Crippen LogP contribution in [0.4, 0.5) is 0 Å². The van der Waals surface area contributed by atoms with Crippen LogP contribution < -0.4 is 5.57 Å². The average molecular weight is 391 g/mol. The number of hydrogen-bond acceptors (Lipinski definition) is 1. The lowest BCUT2D eigenvalue weighted by atomic mass is 9.99. The molecule has 0 unspecified atom stereocenters. The average Bonchev–Trinajstić information content (AvgIpc) is 3.15. The van der Waals surface area contributed by atoms with Crippen LogP contribution in [0.3, 0.4) is 0 Å². The molecule has 2 aliphatic rings. The molecule has 2 saturated carbocycles. The van der Waals surface area contributed by atoms with Crippen molar-refractivity contribution in [1.29, 1.82) is 0 Å². The summed E-state index contributed by atoms with van der Waals surface area (Å²) in [5, 5.41) is 0. The summed E-state index contributed by atoms with van der Waals surface area (Å²) >= 11 is 0. The van der Waals surface area contributed by atoms with Crippen molar-refractivity contribution in [3.63, 3.8) is 0 Å². The minimum absolute atomic E-state index is 0.231. The maximum Gasteiger partial charge on any atom is 0.137 e. The second-order valence-corrected chi connectivity index (χ2v) is 11.2. The van der Waals surface area contributed by atoms with Crippen LogP contribution in [0.25, 0.3) is 16.7 Å². The molecule has 1 heterocycles. The van der Waals surface area contributed by atoms with E-state index in [2.05, 4.69) is 59.2 Å². The molecule has 1 aromatic heterocycles. The van der Waals surface area contributed by atoms with E-state index >= 15 is 0 Å². The molecule has 2 fully saturated rings. The van der Waals surface area contributed by atoms with E-state index in [-0.39, 0.29) is 7.92 Å². The molecule has 0 spiro atoms. The van der Waals surface area contributed by atoms with E-state index in [1.54, 1.807) is 0 Å². The van der Waals surface area contributed by atoms with Gasteiger partial charge in [-0.05, 0) is 69.2 Å². The zero-order valence-electron chi connectivity index (χ0n) is 16.8. The van der Waals surface area contributed by atoms with E-state index < -0.39 is 0 Å². The van der Waals surface area contributed by atoms with Crippen LogP contribution in [-0.4, -0.2) is 20.9 Å². The van der Waals surface area contributed by atoms with Crippen LogP contribution in [0.2, 0.25) is 0 Å². The Balaban J connectivity index is 1.67. The Morgan fingerprint density at radius 1 is 0.679 bits per heavy atom. The van der Waals surface area contributed by atoms with Gasteiger partial charge in [0.25, 0.3) is 0 Å². The highest BCUT2D eigenvalue weighted by molar-refractivity contribution is 7.66. The third-order valence-corrected chi connectivity index (χ3v) is 10.1. The maximum atomic E-state index is 5.33. The molecule has 0 saturated heterocycles. The van der Waals surface area contributed by atoms with E-state index in [0.29, 0.717) is 0 Å². The Morgan fingerprint density at radius 3 is 1.89 bits per heavy atom. The Labute approximate surface area is 170 Å². The quantitative estimate of drug-likeness (QED) is 0.448. The molecule has 3 aromatic rings. The monoisotopic (exact) mass is 390 g/mol. The molecule has 0 bridgehead atoms. The van der Waals surface area contributed by atoms with Crippen molar-refractivity contribution in [3.05, 3.63) is 54.6 Å². The molecule has 3 heteroatoms. The second-order valence-electron chi connectivity index (χ2n) is 8.56. The molecule has 0 N–H and O–H groups in total. The molecular weight excluding hydrogens is 359 g/mol. The summed E-state index contributed by atoms with van der Waals surface area (Å²) in [6, 6.07) is 19.7. The zero-order chi connectivity index (χ0) is 18.8. The standard InChI is InChI=1S/C25H31N2P/c1-4-12-20(13-5-1)27-24-19-11-10-18-23(24)26-25(27)28(21-14-6-2-7-15-21)22-16-8-3-9-17-22/h1,4-5,10-13,18-19,21-22H,2-3,6-9,14-17H2. The largest absolute Gasteiger partial charge is 0.293 e. The zero-order valence-corrected chi connectivity index (χ0v) is 17.7. The summed E-state index contributed by atoms with van der Waals surface area (Å²) in [6.07, 6.45) is 14.2. The van der Waals surface area contributed by atoms with Crippen molar-refractivity contribution in [2.45, 2.75) is 75.5 Å². The maximum absolute atomic E-state index is 5.33. The Kier molecular flexibility index (Phi) is 5.50. The van der Waals surface area contributed by atoms with Crippen molar-refractivity contribution < 1.29 is 0 Å². The van der Waals surface area contributed by atoms with Crippen LogP contribution in [0, 0.1) is 0 Å². The predicted molar refractivity (Wildman–Crippen MR) is 121 cm³/mol. The van der Waals surface area contributed by atoms with Crippen molar-refractivity contribution in [2.24, 2.45) is 0 Å². The van der Waals surface area contributed by atoms with Gasteiger partial charge in [0, 0.05) is 5.69 Å². The smallest absolute Gasteiger partial charge is 0.137 e. The second kappa shape index (κ2) is 8.37. The summed E-state index contributed by atoms with van der Waals surface area (Å²) in [5.74, 6) is 0. The normalized spacial score (nSPS) is 19.5. The summed E-state index contributed by atoms with van der Waals surface area (Å²) < 4.78 is 2.52.